The standard InChI is InChI=1S/C22H20Cl2N4O3S/c23-16-3-1-15(2-4-16)21(30)28-11-9-14(10-12-28)20(29)25-22-27-26-19(32-22)13-31-18-7-5-17(24)6-8-18/h1-8,14H,9-13H2,(H,25,27,29). The van der Waals surface area contributed by atoms with Crippen LogP contribution in [0, 0.1) is 5.92 Å². The van der Waals surface area contributed by atoms with Crippen LogP contribution >= 0.6 is 34.5 Å². The summed E-state index contributed by atoms with van der Waals surface area (Å²) in [6, 6.07) is 13.9. The van der Waals surface area contributed by atoms with E-state index in [4.69, 9.17) is 27.9 Å². The van der Waals surface area contributed by atoms with Gasteiger partial charge in [-0.3, -0.25) is 9.59 Å². The molecule has 1 saturated heterocycles. The number of hydrogen-bond donors (Lipinski definition) is 1. The summed E-state index contributed by atoms with van der Waals surface area (Å²) >= 11 is 13.0. The van der Waals surface area contributed by atoms with Crippen molar-refractivity contribution in [2.45, 2.75) is 19.4 Å². The number of nitrogens with one attached hydrogen (secondary N) is 1. The molecule has 1 aromatic heterocycles. The van der Waals surface area contributed by atoms with Gasteiger partial charge in [-0.05, 0) is 61.4 Å². The Balaban J connectivity index is 1.25. The monoisotopic (exact) mass is 490 g/mol. The van der Waals surface area contributed by atoms with E-state index >= 15 is 0 Å². The van der Waals surface area contributed by atoms with E-state index in [9.17, 15) is 9.59 Å². The summed E-state index contributed by atoms with van der Waals surface area (Å²) in [5, 5.41) is 13.2. The molecule has 0 bridgehead atoms. The summed E-state index contributed by atoms with van der Waals surface area (Å²) in [7, 11) is 0. The zero-order valence-corrected chi connectivity index (χ0v) is 19.3. The van der Waals surface area contributed by atoms with Crippen LogP contribution < -0.4 is 10.1 Å². The molecule has 32 heavy (non-hydrogen) atoms. The molecular weight excluding hydrogens is 471 g/mol. The summed E-state index contributed by atoms with van der Waals surface area (Å²) < 4.78 is 5.65. The highest BCUT2D eigenvalue weighted by Gasteiger charge is 2.28. The Morgan fingerprint density at radius 1 is 1.00 bits per heavy atom. The molecule has 1 N–H and O–H groups in total. The number of carbonyl (C=O) groups is 2. The highest BCUT2D eigenvalue weighted by Crippen LogP contribution is 2.24. The van der Waals surface area contributed by atoms with Gasteiger partial charge in [0.15, 0.2) is 5.01 Å². The molecule has 4 rings (SSSR count). The Kier molecular flexibility index (Phi) is 7.24. The number of piperidine rings is 1. The number of amides is 2. The maximum absolute atomic E-state index is 12.6. The number of anilines is 1. The van der Waals surface area contributed by atoms with Gasteiger partial charge in [-0.15, -0.1) is 10.2 Å². The molecule has 2 aromatic carbocycles. The van der Waals surface area contributed by atoms with Gasteiger partial charge in [-0.2, -0.15) is 0 Å². The Labute approximate surface area is 199 Å². The van der Waals surface area contributed by atoms with Crippen molar-refractivity contribution in [3.8, 4) is 5.75 Å². The van der Waals surface area contributed by atoms with E-state index in [1.165, 1.54) is 11.3 Å². The lowest BCUT2D eigenvalue weighted by Crippen LogP contribution is -2.41. The van der Waals surface area contributed by atoms with E-state index in [1.807, 2.05) is 0 Å². The van der Waals surface area contributed by atoms with E-state index in [1.54, 1.807) is 53.4 Å². The molecule has 7 nitrogen and oxygen atoms in total. The molecule has 0 spiro atoms. The lowest BCUT2D eigenvalue weighted by Gasteiger charge is -2.31. The summed E-state index contributed by atoms with van der Waals surface area (Å²) in [4.78, 5) is 27.0. The summed E-state index contributed by atoms with van der Waals surface area (Å²) in [6.45, 7) is 1.30. The SMILES string of the molecule is O=C(Nc1nnc(COc2ccc(Cl)cc2)s1)C1CCN(C(=O)c2ccc(Cl)cc2)CC1. The molecule has 2 amide bonds. The number of aromatic nitrogens is 2. The van der Waals surface area contributed by atoms with Gasteiger partial charge >= 0.3 is 0 Å². The fourth-order valence-electron chi connectivity index (χ4n) is 3.37. The Morgan fingerprint density at radius 2 is 1.62 bits per heavy atom. The van der Waals surface area contributed by atoms with Gasteiger partial charge in [0.05, 0.1) is 0 Å². The van der Waals surface area contributed by atoms with Crippen LogP contribution in [0.2, 0.25) is 10.0 Å². The van der Waals surface area contributed by atoms with E-state index in [0.717, 1.165) is 0 Å². The van der Waals surface area contributed by atoms with Crippen molar-refractivity contribution in [1.29, 1.82) is 0 Å². The first kappa shape index (κ1) is 22.5. The molecule has 0 atom stereocenters. The van der Waals surface area contributed by atoms with Gasteiger partial charge < -0.3 is 15.0 Å². The minimum absolute atomic E-state index is 0.0463. The molecule has 1 aliphatic rings. The van der Waals surface area contributed by atoms with Crippen LogP contribution in [0.4, 0.5) is 5.13 Å². The number of carbonyl (C=O) groups excluding carboxylic acids is 2. The minimum atomic E-state index is -0.179. The van der Waals surface area contributed by atoms with Gasteiger partial charge in [-0.25, -0.2) is 0 Å². The largest absolute Gasteiger partial charge is 0.486 e. The third-order valence-electron chi connectivity index (χ3n) is 5.12. The van der Waals surface area contributed by atoms with Crippen molar-refractivity contribution in [2.75, 3.05) is 18.4 Å². The number of halogens is 2. The number of ether oxygens (including phenoxy) is 1. The molecule has 0 unspecified atom stereocenters. The number of benzene rings is 2. The fourth-order valence-corrected chi connectivity index (χ4v) is 4.27. The van der Waals surface area contributed by atoms with Gasteiger partial charge in [0.25, 0.3) is 5.91 Å². The van der Waals surface area contributed by atoms with Gasteiger partial charge in [0, 0.05) is 34.6 Å². The molecule has 0 aliphatic carbocycles. The van der Waals surface area contributed by atoms with Crippen LogP contribution in [0.3, 0.4) is 0 Å². The maximum atomic E-state index is 12.6. The average molecular weight is 491 g/mol. The first-order valence-electron chi connectivity index (χ1n) is 10.0. The smallest absolute Gasteiger partial charge is 0.253 e. The second kappa shape index (κ2) is 10.3. The molecule has 2 heterocycles. The zero-order valence-electron chi connectivity index (χ0n) is 17.0. The highest BCUT2D eigenvalue weighted by atomic mass is 35.5. The molecule has 10 heteroatoms. The van der Waals surface area contributed by atoms with Crippen molar-refractivity contribution < 1.29 is 14.3 Å². The first-order chi connectivity index (χ1) is 15.5. The topological polar surface area (TPSA) is 84.4 Å². The van der Waals surface area contributed by atoms with Crippen molar-refractivity contribution in [1.82, 2.24) is 15.1 Å². The Bertz CT molecular complexity index is 1080. The van der Waals surface area contributed by atoms with Crippen LogP contribution in [-0.4, -0.2) is 40.0 Å². The van der Waals surface area contributed by atoms with Crippen LogP contribution in [0.5, 0.6) is 5.75 Å². The van der Waals surface area contributed by atoms with Crippen molar-refractivity contribution in [3.05, 3.63) is 69.1 Å². The molecule has 1 aliphatic heterocycles. The van der Waals surface area contributed by atoms with Crippen LogP contribution in [0.25, 0.3) is 0 Å². The van der Waals surface area contributed by atoms with Gasteiger partial charge in [-0.1, -0.05) is 34.5 Å². The predicted molar refractivity (Wildman–Crippen MR) is 124 cm³/mol. The average Bonchev–Trinajstić information content (AvgIpc) is 3.26. The number of hydrogen-bond acceptors (Lipinski definition) is 6. The maximum Gasteiger partial charge on any atom is 0.253 e. The van der Waals surface area contributed by atoms with Gasteiger partial charge in [0.1, 0.15) is 12.4 Å². The Hall–Kier alpha value is -2.68. The highest BCUT2D eigenvalue weighted by molar-refractivity contribution is 7.15. The summed E-state index contributed by atoms with van der Waals surface area (Å²) in [5.74, 6) is 0.344. The second-order valence-corrected chi connectivity index (χ2v) is 9.24. The Morgan fingerprint density at radius 3 is 2.28 bits per heavy atom. The fraction of sp³-hybridized carbons (Fsp3) is 0.273. The molecular formula is C22H20Cl2N4O3S. The molecule has 3 aromatic rings. The molecule has 1 fully saturated rings. The van der Waals surface area contributed by atoms with E-state index in [-0.39, 0.29) is 24.3 Å². The normalized spacial score (nSPS) is 14.2. The third kappa shape index (κ3) is 5.76. The van der Waals surface area contributed by atoms with Crippen molar-refractivity contribution >= 4 is 51.5 Å². The van der Waals surface area contributed by atoms with Crippen molar-refractivity contribution in [2.24, 2.45) is 5.92 Å². The first-order valence-corrected chi connectivity index (χ1v) is 11.6. The number of likely N-dealkylation sites (tertiary alicyclic amines) is 1. The summed E-state index contributed by atoms with van der Waals surface area (Å²) in [6.07, 6.45) is 1.19. The summed E-state index contributed by atoms with van der Waals surface area (Å²) in [5.41, 5.74) is 0.597. The number of nitrogens with zero attached hydrogens (tertiary/aromatic N) is 3. The predicted octanol–water partition coefficient (Wildman–Crippen LogP) is 4.91. The van der Waals surface area contributed by atoms with Crippen molar-refractivity contribution in [3.63, 3.8) is 0 Å². The number of rotatable bonds is 6. The second-order valence-electron chi connectivity index (χ2n) is 7.31. The molecule has 0 radical (unpaired) electrons. The third-order valence-corrected chi connectivity index (χ3v) is 6.43. The van der Waals surface area contributed by atoms with Crippen LogP contribution in [0.1, 0.15) is 28.2 Å². The molecule has 166 valence electrons. The van der Waals surface area contributed by atoms with E-state index in [0.29, 0.717) is 57.4 Å². The van der Waals surface area contributed by atoms with E-state index in [2.05, 4.69) is 15.5 Å². The molecule has 0 saturated carbocycles. The minimum Gasteiger partial charge on any atom is -0.486 e. The van der Waals surface area contributed by atoms with Crippen LogP contribution in [0.15, 0.2) is 48.5 Å². The quantitative estimate of drug-likeness (QED) is 0.530. The zero-order chi connectivity index (χ0) is 22.5. The van der Waals surface area contributed by atoms with E-state index < -0.39 is 0 Å². The lowest BCUT2D eigenvalue weighted by atomic mass is 9.95. The van der Waals surface area contributed by atoms with Gasteiger partial charge in [0.2, 0.25) is 11.0 Å². The van der Waals surface area contributed by atoms with Crippen LogP contribution in [-0.2, 0) is 11.4 Å². The lowest BCUT2D eigenvalue weighted by molar-refractivity contribution is -0.121.